The zero-order valence-electron chi connectivity index (χ0n) is 8.04. The van der Waals surface area contributed by atoms with Gasteiger partial charge >= 0.3 is 0 Å². The number of hydrogen-bond acceptors (Lipinski definition) is 1. The maximum absolute atomic E-state index is 10.4. The van der Waals surface area contributed by atoms with Crippen LogP contribution in [0.25, 0.3) is 0 Å². The molecule has 0 aliphatic carbocycles. The highest BCUT2D eigenvalue weighted by molar-refractivity contribution is 7.80. The minimum atomic E-state index is -0.0678. The van der Waals surface area contributed by atoms with Crippen molar-refractivity contribution in [2.45, 2.75) is 6.42 Å². The molecule has 0 fully saturated rings. The Morgan fingerprint density at radius 3 is 2.50 bits per heavy atom. The molecule has 0 atom stereocenters. The molecule has 0 aromatic heterocycles. The van der Waals surface area contributed by atoms with E-state index in [-0.39, 0.29) is 6.61 Å². The number of hydrogen-bond donors (Lipinski definition) is 2. The first-order valence-corrected chi connectivity index (χ1v) is 4.83. The molecule has 0 bridgehead atoms. The van der Waals surface area contributed by atoms with Crippen molar-refractivity contribution in [2.75, 3.05) is 19.0 Å². The molecule has 0 amide bonds. The number of benzene rings is 1. The normalized spacial score (nSPS) is 9.57. The van der Waals surface area contributed by atoms with Crippen molar-refractivity contribution >= 4 is 23.0 Å². The topological polar surface area (TPSA) is 44.0 Å². The smallest absolute Gasteiger partial charge is 0.170 e. The van der Waals surface area contributed by atoms with Crippen LogP contribution in [-0.4, -0.2) is 18.8 Å². The van der Waals surface area contributed by atoms with Gasteiger partial charge in [-0.15, -0.1) is 0 Å². The average Bonchev–Trinajstić information content (AvgIpc) is 2.21. The predicted molar refractivity (Wildman–Crippen MR) is 61.0 cm³/mol. The molecular weight excluding hydrogens is 196 g/mol. The number of rotatable bonds is 3. The molecule has 0 spiro atoms. The Morgan fingerprint density at radius 1 is 1.36 bits per heavy atom. The van der Waals surface area contributed by atoms with Gasteiger partial charge in [0.15, 0.2) is 5.11 Å². The largest absolute Gasteiger partial charge is 0.366 e. The fraction of sp³-hybridized carbons (Fsp3) is 0.300. The molecule has 75 valence electrons. The Morgan fingerprint density at radius 2 is 2.00 bits per heavy atom. The van der Waals surface area contributed by atoms with Crippen molar-refractivity contribution < 1.29 is 5.11 Å². The zero-order valence-corrected chi connectivity index (χ0v) is 8.86. The molecule has 1 aromatic carbocycles. The summed E-state index contributed by atoms with van der Waals surface area (Å²) >= 11 is 4.95. The monoisotopic (exact) mass is 209 g/mol. The highest BCUT2D eigenvalue weighted by atomic mass is 32.1. The fourth-order valence-electron chi connectivity index (χ4n) is 1.07. The van der Waals surface area contributed by atoms with Gasteiger partial charge in [0.2, 0.25) is 0 Å². The Kier molecular flexibility index (Phi) is 4.35. The van der Waals surface area contributed by atoms with E-state index in [1.165, 1.54) is 0 Å². The summed E-state index contributed by atoms with van der Waals surface area (Å²) in [6, 6.07) is 7.68. The molecular formula is C10H13N2OS. The fourth-order valence-corrected chi connectivity index (χ4v) is 1.18. The van der Waals surface area contributed by atoms with Gasteiger partial charge in [-0.3, -0.25) is 0 Å². The summed E-state index contributed by atoms with van der Waals surface area (Å²) in [5.74, 6) is 0. The van der Waals surface area contributed by atoms with E-state index in [2.05, 4.69) is 10.6 Å². The minimum absolute atomic E-state index is 0.0678. The van der Waals surface area contributed by atoms with Gasteiger partial charge in [0.25, 0.3) is 0 Å². The van der Waals surface area contributed by atoms with Crippen molar-refractivity contribution in [3.05, 3.63) is 29.8 Å². The molecule has 1 aromatic rings. The Hall–Kier alpha value is -1.13. The van der Waals surface area contributed by atoms with Crippen molar-refractivity contribution in [3.8, 4) is 0 Å². The maximum Gasteiger partial charge on any atom is 0.170 e. The van der Waals surface area contributed by atoms with E-state index in [4.69, 9.17) is 12.2 Å². The number of anilines is 1. The predicted octanol–water partition coefficient (Wildman–Crippen LogP) is 1.58. The molecule has 1 rings (SSSR count). The molecule has 0 saturated heterocycles. The second-order valence-corrected chi connectivity index (χ2v) is 3.26. The van der Waals surface area contributed by atoms with Gasteiger partial charge in [0.05, 0.1) is 6.61 Å². The van der Waals surface area contributed by atoms with Crippen LogP contribution < -0.4 is 10.6 Å². The van der Waals surface area contributed by atoms with Gasteiger partial charge in [-0.2, -0.15) is 0 Å². The Balaban J connectivity index is 2.59. The summed E-state index contributed by atoms with van der Waals surface area (Å²) in [4.78, 5) is 0. The summed E-state index contributed by atoms with van der Waals surface area (Å²) < 4.78 is 0. The molecule has 0 aliphatic heterocycles. The molecule has 3 nitrogen and oxygen atoms in total. The quantitative estimate of drug-likeness (QED) is 0.743. The van der Waals surface area contributed by atoms with Crippen LogP contribution in [0.2, 0.25) is 0 Å². The Bertz CT molecular complexity index is 297. The van der Waals surface area contributed by atoms with Gasteiger partial charge in [0, 0.05) is 12.7 Å². The van der Waals surface area contributed by atoms with Crippen molar-refractivity contribution in [3.63, 3.8) is 0 Å². The lowest BCUT2D eigenvalue weighted by molar-refractivity contribution is 0.197. The number of thiocarbonyl (C=S) groups is 1. The van der Waals surface area contributed by atoms with E-state index in [1.807, 2.05) is 24.3 Å². The SMILES string of the molecule is CNC(=S)Nc1ccc(CC[O])cc1. The first kappa shape index (κ1) is 10.9. The second-order valence-electron chi connectivity index (χ2n) is 2.86. The molecule has 4 heteroatoms. The van der Waals surface area contributed by atoms with Crippen LogP contribution in [0.4, 0.5) is 5.69 Å². The second kappa shape index (κ2) is 5.57. The summed E-state index contributed by atoms with van der Waals surface area (Å²) in [6.07, 6.45) is 0.580. The lowest BCUT2D eigenvalue weighted by Gasteiger charge is -2.07. The molecule has 14 heavy (non-hydrogen) atoms. The van der Waals surface area contributed by atoms with E-state index in [0.717, 1.165) is 11.3 Å². The van der Waals surface area contributed by atoms with Crippen LogP contribution in [0.15, 0.2) is 24.3 Å². The molecule has 0 heterocycles. The third-order valence-corrected chi connectivity index (χ3v) is 2.14. The van der Waals surface area contributed by atoms with E-state index in [1.54, 1.807) is 7.05 Å². The lowest BCUT2D eigenvalue weighted by Crippen LogP contribution is -2.23. The van der Waals surface area contributed by atoms with Crippen LogP contribution >= 0.6 is 12.2 Å². The van der Waals surface area contributed by atoms with Gasteiger partial charge in [-0.1, -0.05) is 12.1 Å². The van der Waals surface area contributed by atoms with Crippen LogP contribution in [0.1, 0.15) is 5.56 Å². The minimum Gasteiger partial charge on any atom is -0.366 e. The van der Waals surface area contributed by atoms with Crippen molar-refractivity contribution in [2.24, 2.45) is 0 Å². The summed E-state index contributed by atoms with van der Waals surface area (Å²) in [5.41, 5.74) is 1.99. The van der Waals surface area contributed by atoms with Crippen LogP contribution in [-0.2, 0) is 11.5 Å². The van der Waals surface area contributed by atoms with Gasteiger partial charge in [-0.05, 0) is 36.3 Å². The van der Waals surface area contributed by atoms with Gasteiger partial charge in [-0.25, -0.2) is 5.11 Å². The highest BCUT2D eigenvalue weighted by Crippen LogP contribution is 2.09. The first-order valence-electron chi connectivity index (χ1n) is 4.42. The summed E-state index contributed by atoms with van der Waals surface area (Å²) in [6.45, 7) is -0.0678. The van der Waals surface area contributed by atoms with Crippen LogP contribution in [0.5, 0.6) is 0 Å². The maximum atomic E-state index is 10.4. The third-order valence-electron chi connectivity index (χ3n) is 1.83. The summed E-state index contributed by atoms with van der Waals surface area (Å²) in [7, 11) is 1.77. The van der Waals surface area contributed by atoms with E-state index in [9.17, 15) is 5.11 Å². The number of nitrogens with one attached hydrogen (secondary N) is 2. The summed E-state index contributed by atoms with van der Waals surface area (Å²) in [5, 5.41) is 16.8. The molecule has 0 aliphatic rings. The van der Waals surface area contributed by atoms with Crippen molar-refractivity contribution in [1.82, 2.24) is 5.32 Å². The first-order chi connectivity index (χ1) is 6.76. The van der Waals surface area contributed by atoms with Gasteiger partial charge in [0.1, 0.15) is 0 Å². The zero-order chi connectivity index (χ0) is 10.4. The van der Waals surface area contributed by atoms with Crippen LogP contribution in [0, 0.1) is 0 Å². The van der Waals surface area contributed by atoms with Crippen molar-refractivity contribution in [1.29, 1.82) is 0 Å². The van der Waals surface area contributed by atoms with Gasteiger partial charge < -0.3 is 10.6 Å². The highest BCUT2D eigenvalue weighted by Gasteiger charge is 1.95. The Labute approximate surface area is 89.1 Å². The standard InChI is InChI=1S/C10H13N2OS/c1-11-10(14)12-9-4-2-8(3-5-9)6-7-13/h2-5H,6-7H2,1H3,(H2,11,12,14). The van der Waals surface area contributed by atoms with Crippen LogP contribution in [0.3, 0.4) is 0 Å². The third kappa shape index (κ3) is 3.32. The van der Waals surface area contributed by atoms with E-state index in [0.29, 0.717) is 11.5 Å². The molecule has 2 N–H and O–H groups in total. The molecule has 1 radical (unpaired) electrons. The average molecular weight is 209 g/mol. The lowest BCUT2D eigenvalue weighted by atomic mass is 10.1. The van der Waals surface area contributed by atoms with E-state index < -0.39 is 0 Å². The van der Waals surface area contributed by atoms with E-state index >= 15 is 0 Å². The molecule has 0 saturated carbocycles. The molecule has 0 unspecified atom stereocenters.